The van der Waals surface area contributed by atoms with E-state index in [2.05, 4.69) is 11.0 Å². The maximum Gasteiger partial charge on any atom is 0.336 e. The molecule has 0 unspecified atom stereocenters. The predicted molar refractivity (Wildman–Crippen MR) is 119 cm³/mol. The Morgan fingerprint density at radius 1 is 1.03 bits per heavy atom. The molecule has 1 aromatic heterocycles. The Morgan fingerprint density at radius 3 is 2.61 bits per heavy atom. The molecule has 2 heterocycles. The lowest BCUT2D eigenvalue weighted by molar-refractivity contribution is 0.0957. The van der Waals surface area contributed by atoms with Crippen LogP contribution in [0, 0.1) is 12.7 Å². The predicted octanol–water partition coefficient (Wildman–Crippen LogP) is 5.30. The first-order chi connectivity index (χ1) is 15.1. The van der Waals surface area contributed by atoms with Crippen LogP contribution in [0.25, 0.3) is 22.1 Å². The fraction of sp³-hybridized carbons (Fsp3) is 0.192. The third-order valence-corrected chi connectivity index (χ3v) is 5.82. The molecule has 3 aromatic carbocycles. The summed E-state index contributed by atoms with van der Waals surface area (Å²) >= 11 is 0. The molecule has 4 nitrogen and oxygen atoms in total. The van der Waals surface area contributed by atoms with Gasteiger partial charge in [0, 0.05) is 35.7 Å². The van der Waals surface area contributed by atoms with Crippen molar-refractivity contribution in [1.82, 2.24) is 4.90 Å². The highest BCUT2D eigenvalue weighted by molar-refractivity contribution is 5.96. The fourth-order valence-corrected chi connectivity index (χ4v) is 4.25. The van der Waals surface area contributed by atoms with Crippen molar-refractivity contribution in [3.63, 3.8) is 0 Å². The fourth-order valence-electron chi connectivity index (χ4n) is 4.25. The zero-order valence-corrected chi connectivity index (χ0v) is 17.2. The van der Waals surface area contributed by atoms with E-state index < -0.39 is 0 Å². The summed E-state index contributed by atoms with van der Waals surface area (Å²) < 4.78 is 25.6. The molecule has 0 spiro atoms. The van der Waals surface area contributed by atoms with Gasteiger partial charge in [-0.1, -0.05) is 48.5 Å². The molecule has 0 aliphatic carbocycles. The Morgan fingerprint density at radius 2 is 1.81 bits per heavy atom. The highest BCUT2D eigenvalue weighted by atomic mass is 19.1. The molecular formula is C26H22FNO3. The van der Waals surface area contributed by atoms with Gasteiger partial charge < -0.3 is 9.15 Å². The number of hydrogen-bond donors (Lipinski definition) is 0. The minimum atomic E-state index is -0.378. The molecular weight excluding hydrogens is 393 g/mol. The van der Waals surface area contributed by atoms with Gasteiger partial charge in [-0.25, -0.2) is 9.18 Å². The minimum absolute atomic E-state index is 0.176. The van der Waals surface area contributed by atoms with Crippen LogP contribution in [-0.4, -0.2) is 18.2 Å². The van der Waals surface area contributed by atoms with Crippen molar-refractivity contribution in [2.24, 2.45) is 0 Å². The van der Waals surface area contributed by atoms with Crippen molar-refractivity contribution in [1.29, 1.82) is 0 Å². The molecule has 0 amide bonds. The van der Waals surface area contributed by atoms with E-state index in [1.54, 1.807) is 12.1 Å². The molecule has 0 saturated heterocycles. The lowest BCUT2D eigenvalue weighted by Gasteiger charge is -2.30. The van der Waals surface area contributed by atoms with Gasteiger partial charge in [-0.3, -0.25) is 4.90 Å². The second kappa shape index (κ2) is 8.00. The highest BCUT2D eigenvalue weighted by Gasteiger charge is 2.23. The van der Waals surface area contributed by atoms with Gasteiger partial charge in [0.15, 0.2) is 0 Å². The van der Waals surface area contributed by atoms with E-state index in [0.29, 0.717) is 37.4 Å². The molecule has 5 rings (SSSR count). The Hall–Kier alpha value is -3.44. The third kappa shape index (κ3) is 3.73. The number of fused-ring (bicyclic) bond motifs is 2. The Bertz CT molecular complexity index is 1310. The number of ether oxygens (including phenoxy) is 1. The van der Waals surface area contributed by atoms with Crippen molar-refractivity contribution in [3.05, 3.63) is 99.7 Å². The molecule has 0 bridgehead atoms. The summed E-state index contributed by atoms with van der Waals surface area (Å²) in [7, 11) is 0. The zero-order chi connectivity index (χ0) is 21.4. The van der Waals surface area contributed by atoms with E-state index in [-0.39, 0.29) is 11.4 Å². The second-order valence-electron chi connectivity index (χ2n) is 7.88. The summed E-state index contributed by atoms with van der Waals surface area (Å²) in [6.07, 6.45) is 0.613. The van der Waals surface area contributed by atoms with Crippen LogP contribution in [0.15, 0.2) is 75.9 Å². The van der Waals surface area contributed by atoms with Crippen LogP contribution >= 0.6 is 0 Å². The first-order valence-electron chi connectivity index (χ1n) is 10.3. The van der Waals surface area contributed by atoms with Crippen molar-refractivity contribution in [2.75, 3.05) is 13.3 Å². The SMILES string of the molecule is Cc1c2c(cc3c(-c4ccccc4)cc(=O)oc13)CN(CCc1ccccc1F)CO2. The number of rotatable bonds is 4. The molecule has 1 aliphatic rings. The smallest absolute Gasteiger partial charge is 0.336 e. The summed E-state index contributed by atoms with van der Waals surface area (Å²) in [5.74, 6) is 0.591. The van der Waals surface area contributed by atoms with Gasteiger partial charge in [0.1, 0.15) is 23.9 Å². The number of aryl methyl sites for hydroxylation is 1. The first-order valence-corrected chi connectivity index (χ1v) is 10.3. The summed E-state index contributed by atoms with van der Waals surface area (Å²) in [5, 5.41) is 0.890. The summed E-state index contributed by atoms with van der Waals surface area (Å²) in [5.41, 5.74) is 4.57. The quantitative estimate of drug-likeness (QED) is 0.424. The van der Waals surface area contributed by atoms with E-state index in [1.165, 1.54) is 6.07 Å². The molecule has 156 valence electrons. The number of nitrogens with zero attached hydrogens (tertiary/aromatic N) is 1. The molecule has 0 fully saturated rings. The Kier molecular flexibility index (Phi) is 5.04. The average molecular weight is 415 g/mol. The molecule has 5 heteroatoms. The van der Waals surface area contributed by atoms with Crippen LogP contribution in [0.5, 0.6) is 5.75 Å². The van der Waals surface area contributed by atoms with Crippen LogP contribution in [0.2, 0.25) is 0 Å². The van der Waals surface area contributed by atoms with E-state index in [0.717, 1.165) is 33.4 Å². The standard InChI is InChI=1S/C26H22FNO3/c1-17-25-20(15-28(16-30-25)12-11-19-9-5-6-10-23(19)27)13-22-21(14-24(29)31-26(17)22)18-7-3-2-4-8-18/h2-10,13-14H,11-12,15-16H2,1H3. The maximum absolute atomic E-state index is 14.0. The largest absolute Gasteiger partial charge is 0.477 e. The molecule has 1 aliphatic heterocycles. The van der Waals surface area contributed by atoms with Gasteiger partial charge in [0.25, 0.3) is 0 Å². The molecule has 31 heavy (non-hydrogen) atoms. The van der Waals surface area contributed by atoms with Crippen LogP contribution in [-0.2, 0) is 13.0 Å². The normalized spacial score (nSPS) is 13.7. The van der Waals surface area contributed by atoms with Crippen molar-refractivity contribution < 1.29 is 13.5 Å². The lowest BCUT2D eigenvalue weighted by atomic mass is 9.97. The summed E-state index contributed by atoms with van der Waals surface area (Å²) in [6.45, 7) is 3.71. The zero-order valence-electron chi connectivity index (χ0n) is 17.2. The topological polar surface area (TPSA) is 42.7 Å². The van der Waals surface area contributed by atoms with E-state index in [1.807, 2.05) is 49.4 Å². The van der Waals surface area contributed by atoms with E-state index in [4.69, 9.17) is 9.15 Å². The maximum atomic E-state index is 14.0. The van der Waals surface area contributed by atoms with Gasteiger partial charge in [0.2, 0.25) is 0 Å². The molecule has 0 atom stereocenters. The number of benzene rings is 3. The van der Waals surface area contributed by atoms with Crippen LogP contribution < -0.4 is 10.4 Å². The first kappa shape index (κ1) is 19.5. The average Bonchev–Trinajstić information content (AvgIpc) is 2.79. The van der Waals surface area contributed by atoms with Crippen LogP contribution in [0.1, 0.15) is 16.7 Å². The van der Waals surface area contributed by atoms with E-state index in [9.17, 15) is 9.18 Å². The number of halogens is 1. The van der Waals surface area contributed by atoms with Gasteiger partial charge in [0.05, 0.1) is 0 Å². The summed E-state index contributed by atoms with van der Waals surface area (Å²) in [4.78, 5) is 14.4. The van der Waals surface area contributed by atoms with Crippen LogP contribution in [0.4, 0.5) is 4.39 Å². The van der Waals surface area contributed by atoms with Crippen molar-refractivity contribution in [2.45, 2.75) is 19.9 Å². The molecule has 0 saturated carbocycles. The third-order valence-electron chi connectivity index (χ3n) is 5.82. The molecule has 0 radical (unpaired) electrons. The van der Waals surface area contributed by atoms with Gasteiger partial charge in [-0.05, 0) is 42.2 Å². The number of hydrogen-bond acceptors (Lipinski definition) is 4. The van der Waals surface area contributed by atoms with Crippen LogP contribution in [0.3, 0.4) is 0 Å². The molecule has 4 aromatic rings. The lowest BCUT2D eigenvalue weighted by Crippen LogP contribution is -2.34. The Labute approximate surface area is 179 Å². The summed E-state index contributed by atoms with van der Waals surface area (Å²) in [6, 6.07) is 20.3. The highest BCUT2D eigenvalue weighted by Crippen LogP contribution is 2.38. The van der Waals surface area contributed by atoms with Gasteiger partial charge in [-0.2, -0.15) is 0 Å². The molecule has 0 N–H and O–H groups in total. The minimum Gasteiger partial charge on any atom is -0.477 e. The van der Waals surface area contributed by atoms with Crippen molar-refractivity contribution >= 4 is 11.0 Å². The van der Waals surface area contributed by atoms with E-state index >= 15 is 0 Å². The van der Waals surface area contributed by atoms with Gasteiger partial charge in [-0.15, -0.1) is 0 Å². The van der Waals surface area contributed by atoms with Crippen molar-refractivity contribution in [3.8, 4) is 16.9 Å². The Balaban J connectivity index is 1.51. The monoisotopic (exact) mass is 415 g/mol. The van der Waals surface area contributed by atoms with Gasteiger partial charge >= 0.3 is 5.63 Å². The second-order valence-corrected chi connectivity index (χ2v) is 7.88.